The summed E-state index contributed by atoms with van der Waals surface area (Å²) in [6.45, 7) is 0. The molecule has 0 aliphatic rings. The zero-order chi connectivity index (χ0) is 35.6. The van der Waals surface area contributed by atoms with Gasteiger partial charge in [0, 0.05) is 38.2 Å². The number of fused-ring (bicyclic) bond motifs is 7. The molecule has 0 unspecified atom stereocenters. The van der Waals surface area contributed by atoms with E-state index in [9.17, 15) is 0 Å². The summed E-state index contributed by atoms with van der Waals surface area (Å²) in [5, 5.41) is 6.57. The van der Waals surface area contributed by atoms with Crippen molar-refractivity contribution in [3.63, 3.8) is 0 Å². The molecule has 54 heavy (non-hydrogen) atoms. The van der Waals surface area contributed by atoms with Gasteiger partial charge >= 0.3 is 0 Å². The summed E-state index contributed by atoms with van der Waals surface area (Å²) in [5.74, 6) is 1.72. The summed E-state index contributed by atoms with van der Waals surface area (Å²) in [4.78, 5) is 15.4. The number of rotatable bonds is 5. The number of nitrogens with zero attached hydrogens (tertiary/aromatic N) is 3. The molecule has 0 atom stereocenters. The van der Waals surface area contributed by atoms with Crippen LogP contribution in [0.5, 0.6) is 0 Å². The molecule has 11 rings (SSSR count). The first-order valence-electron chi connectivity index (χ1n) is 18.0. The molecule has 0 N–H and O–H groups in total. The number of benzene rings is 8. The van der Waals surface area contributed by atoms with Gasteiger partial charge in [-0.15, -0.1) is 0 Å². The molecular weight excluding hydrogens is 663 g/mol. The van der Waals surface area contributed by atoms with Gasteiger partial charge in [0.2, 0.25) is 0 Å². The lowest BCUT2D eigenvalue weighted by atomic mass is 9.94. The van der Waals surface area contributed by atoms with Crippen LogP contribution in [0.15, 0.2) is 185 Å². The van der Waals surface area contributed by atoms with Gasteiger partial charge in [0.15, 0.2) is 17.5 Å². The first kappa shape index (κ1) is 30.3. The number of para-hydroxylation sites is 2. The fourth-order valence-corrected chi connectivity index (χ4v) is 7.73. The van der Waals surface area contributed by atoms with Crippen LogP contribution in [0.25, 0.3) is 111 Å². The van der Waals surface area contributed by atoms with E-state index in [1.165, 1.54) is 16.3 Å². The predicted molar refractivity (Wildman–Crippen MR) is 219 cm³/mol. The molecule has 3 aromatic heterocycles. The Morgan fingerprint density at radius 2 is 0.870 bits per heavy atom. The molecule has 0 fully saturated rings. The molecule has 0 aliphatic heterocycles. The van der Waals surface area contributed by atoms with E-state index in [0.717, 1.165) is 77.3 Å². The number of furan rings is 2. The van der Waals surface area contributed by atoms with Crippen LogP contribution in [0.2, 0.25) is 0 Å². The maximum absolute atomic E-state index is 6.55. The first-order chi connectivity index (χ1) is 26.7. The molecule has 11 aromatic rings. The van der Waals surface area contributed by atoms with E-state index in [-0.39, 0.29) is 0 Å². The normalized spacial score (nSPS) is 11.7. The van der Waals surface area contributed by atoms with Gasteiger partial charge in [-0.1, -0.05) is 140 Å². The molecule has 0 aliphatic carbocycles. The van der Waals surface area contributed by atoms with Crippen molar-refractivity contribution >= 4 is 54.6 Å². The fourth-order valence-electron chi connectivity index (χ4n) is 7.73. The molecule has 0 spiro atoms. The van der Waals surface area contributed by atoms with Gasteiger partial charge in [-0.25, -0.2) is 15.0 Å². The highest BCUT2D eigenvalue weighted by Gasteiger charge is 2.20. The summed E-state index contributed by atoms with van der Waals surface area (Å²) in [7, 11) is 0. The maximum atomic E-state index is 6.55. The van der Waals surface area contributed by atoms with E-state index >= 15 is 0 Å². The zero-order valence-electron chi connectivity index (χ0n) is 28.9. The van der Waals surface area contributed by atoms with E-state index in [2.05, 4.69) is 103 Å². The second-order valence-corrected chi connectivity index (χ2v) is 13.6. The highest BCUT2D eigenvalue weighted by molar-refractivity contribution is 6.14. The Hall–Kier alpha value is -7.37. The lowest BCUT2D eigenvalue weighted by Gasteiger charge is -2.12. The third-order valence-corrected chi connectivity index (χ3v) is 10.3. The van der Waals surface area contributed by atoms with Gasteiger partial charge in [0.1, 0.15) is 22.3 Å². The molecule has 0 saturated carbocycles. The molecule has 252 valence electrons. The monoisotopic (exact) mass is 691 g/mol. The predicted octanol–water partition coefficient (Wildman–Crippen LogP) is 13.2. The topological polar surface area (TPSA) is 65.0 Å². The molecule has 3 heterocycles. The molecular formula is C49H29N3O2. The fraction of sp³-hybridized carbons (Fsp3) is 0. The van der Waals surface area contributed by atoms with E-state index in [1.54, 1.807) is 0 Å². The quantitative estimate of drug-likeness (QED) is 0.180. The molecule has 5 nitrogen and oxygen atoms in total. The summed E-state index contributed by atoms with van der Waals surface area (Å²) in [6, 6.07) is 60.5. The van der Waals surface area contributed by atoms with Gasteiger partial charge < -0.3 is 8.83 Å². The van der Waals surface area contributed by atoms with Crippen molar-refractivity contribution in [3.8, 4) is 56.4 Å². The average Bonchev–Trinajstić information content (AvgIpc) is 3.82. The minimum absolute atomic E-state index is 0.556. The molecule has 5 heteroatoms. The van der Waals surface area contributed by atoms with Crippen LogP contribution in [-0.2, 0) is 0 Å². The highest BCUT2D eigenvalue weighted by Crippen LogP contribution is 2.41. The third-order valence-electron chi connectivity index (χ3n) is 10.3. The zero-order valence-corrected chi connectivity index (χ0v) is 28.9. The Morgan fingerprint density at radius 3 is 1.65 bits per heavy atom. The van der Waals surface area contributed by atoms with Gasteiger partial charge in [0.25, 0.3) is 0 Å². The lowest BCUT2D eigenvalue weighted by Crippen LogP contribution is -2.00. The molecule has 8 aromatic carbocycles. The second kappa shape index (κ2) is 12.1. The van der Waals surface area contributed by atoms with Gasteiger partial charge in [-0.3, -0.25) is 0 Å². The Balaban J connectivity index is 1.12. The average molecular weight is 692 g/mol. The van der Waals surface area contributed by atoms with E-state index in [4.69, 9.17) is 23.8 Å². The van der Waals surface area contributed by atoms with Gasteiger partial charge in [-0.05, 0) is 69.4 Å². The first-order valence-corrected chi connectivity index (χ1v) is 18.0. The van der Waals surface area contributed by atoms with Gasteiger partial charge in [0.05, 0.1) is 0 Å². The van der Waals surface area contributed by atoms with Crippen LogP contribution in [-0.4, -0.2) is 15.0 Å². The van der Waals surface area contributed by atoms with Crippen LogP contribution >= 0.6 is 0 Å². The third kappa shape index (κ3) is 4.98. The van der Waals surface area contributed by atoms with Crippen molar-refractivity contribution in [1.29, 1.82) is 0 Å². The number of hydrogen-bond acceptors (Lipinski definition) is 5. The molecule has 0 radical (unpaired) electrons. The standard InChI is InChI=1S/C49H29N3O2/c1-2-12-33(13-3-1)47-50-48(52-49(51-47)39-17-10-20-43-45(39)37-15-6-8-18-41(37)53-43)36-28-40(46-38-16-7-9-19-42(38)54-44(46)29-36)32-24-21-31(22-25-32)35-26-23-30-11-4-5-14-34(30)27-35/h1-29H. The van der Waals surface area contributed by atoms with Crippen LogP contribution in [0.4, 0.5) is 0 Å². The largest absolute Gasteiger partial charge is 0.456 e. The Labute approximate surface area is 309 Å². The summed E-state index contributed by atoms with van der Waals surface area (Å²) in [5.41, 5.74) is 10.3. The van der Waals surface area contributed by atoms with E-state index < -0.39 is 0 Å². The Kier molecular flexibility index (Phi) is 6.79. The summed E-state index contributed by atoms with van der Waals surface area (Å²) >= 11 is 0. The van der Waals surface area contributed by atoms with Crippen molar-refractivity contribution < 1.29 is 8.83 Å². The highest BCUT2D eigenvalue weighted by atomic mass is 16.3. The van der Waals surface area contributed by atoms with E-state index in [0.29, 0.717) is 17.5 Å². The Bertz CT molecular complexity index is 3210. The summed E-state index contributed by atoms with van der Waals surface area (Å²) in [6.07, 6.45) is 0. The number of hydrogen-bond donors (Lipinski definition) is 0. The molecule has 0 saturated heterocycles. The van der Waals surface area contributed by atoms with Gasteiger partial charge in [-0.2, -0.15) is 0 Å². The minimum atomic E-state index is 0.556. The minimum Gasteiger partial charge on any atom is -0.456 e. The van der Waals surface area contributed by atoms with Crippen molar-refractivity contribution in [1.82, 2.24) is 15.0 Å². The van der Waals surface area contributed by atoms with Crippen LogP contribution in [0, 0.1) is 0 Å². The number of aromatic nitrogens is 3. The smallest absolute Gasteiger partial charge is 0.164 e. The van der Waals surface area contributed by atoms with Crippen molar-refractivity contribution in [2.45, 2.75) is 0 Å². The molecule has 0 bridgehead atoms. The van der Waals surface area contributed by atoms with Crippen molar-refractivity contribution in [2.75, 3.05) is 0 Å². The second-order valence-electron chi connectivity index (χ2n) is 13.6. The SMILES string of the molecule is c1ccc(-c2nc(-c3cc(-c4ccc(-c5ccc6ccccc6c5)cc4)c4c(c3)oc3ccccc34)nc(-c3cccc4oc5ccccc5c34)n2)cc1. The lowest BCUT2D eigenvalue weighted by molar-refractivity contribution is 0.668. The van der Waals surface area contributed by atoms with Crippen molar-refractivity contribution in [2.24, 2.45) is 0 Å². The molecule has 0 amide bonds. The maximum Gasteiger partial charge on any atom is 0.164 e. The van der Waals surface area contributed by atoms with E-state index in [1.807, 2.05) is 72.8 Å². The Morgan fingerprint density at radius 1 is 0.296 bits per heavy atom. The van der Waals surface area contributed by atoms with Crippen molar-refractivity contribution in [3.05, 3.63) is 176 Å². The van der Waals surface area contributed by atoms with Crippen LogP contribution in [0.1, 0.15) is 0 Å². The summed E-state index contributed by atoms with van der Waals surface area (Å²) < 4.78 is 12.8. The van der Waals surface area contributed by atoms with Crippen LogP contribution < -0.4 is 0 Å². The van der Waals surface area contributed by atoms with Crippen LogP contribution in [0.3, 0.4) is 0 Å².